The number of carbonyl (C=O) groups is 1. The highest BCUT2D eigenvalue weighted by molar-refractivity contribution is 5.89. The number of piperazine rings is 1. The molecule has 1 N–H and O–H groups in total. The molecule has 0 saturated carbocycles. The van der Waals surface area contributed by atoms with Crippen molar-refractivity contribution in [1.82, 2.24) is 39.8 Å². The van der Waals surface area contributed by atoms with E-state index in [-0.39, 0.29) is 18.0 Å². The van der Waals surface area contributed by atoms with Crippen LogP contribution in [0.5, 0.6) is 11.5 Å². The van der Waals surface area contributed by atoms with E-state index in [9.17, 15) is 4.79 Å². The first-order valence-corrected chi connectivity index (χ1v) is 13.5. The number of nitrogens with one attached hydrogen (secondary N) is 1. The van der Waals surface area contributed by atoms with E-state index in [1.165, 1.54) is 12.4 Å². The lowest BCUT2D eigenvalue weighted by Gasteiger charge is -2.40. The molecule has 12 nitrogen and oxygen atoms in total. The standard InChI is InChI=1S/C29H28N10O2/c1-4-26(40)39-19-6-7-20(39)15-38(14-19)29-30-13-23-27(34-29)28(32-16-31-23)33-18-5-10-25(17(2)11-18)41-21-8-9-24-22(12-21)35-36-37(24)3/h4-5,8-13,16,19-20H,1,6-7,14-15H2,2-3H3,(H,31,32,33). The molecular formula is C29H28N10O2. The Morgan fingerprint density at radius 3 is 2.68 bits per heavy atom. The third-order valence-electron chi connectivity index (χ3n) is 7.81. The van der Waals surface area contributed by atoms with E-state index in [1.807, 2.05) is 55.3 Å². The Labute approximate surface area is 235 Å². The van der Waals surface area contributed by atoms with E-state index < -0.39 is 0 Å². The van der Waals surface area contributed by atoms with Gasteiger partial charge in [0.05, 0.1) is 23.8 Å². The maximum atomic E-state index is 12.4. The van der Waals surface area contributed by atoms with Crippen LogP contribution in [0.15, 0.2) is 61.6 Å². The molecule has 2 atom stereocenters. The number of hydrogen-bond acceptors (Lipinski definition) is 10. The zero-order valence-corrected chi connectivity index (χ0v) is 22.7. The van der Waals surface area contributed by atoms with Crippen molar-refractivity contribution in [3.05, 3.63) is 67.1 Å². The Bertz CT molecular complexity index is 1800. The topological polar surface area (TPSA) is 127 Å². The van der Waals surface area contributed by atoms with Gasteiger partial charge < -0.3 is 19.9 Å². The van der Waals surface area contributed by atoms with Gasteiger partial charge in [0.2, 0.25) is 11.9 Å². The molecule has 0 spiro atoms. The predicted molar refractivity (Wildman–Crippen MR) is 154 cm³/mol. The van der Waals surface area contributed by atoms with Crippen molar-refractivity contribution in [3.8, 4) is 11.5 Å². The summed E-state index contributed by atoms with van der Waals surface area (Å²) < 4.78 is 7.88. The quantitative estimate of drug-likeness (QED) is 0.312. The van der Waals surface area contributed by atoms with E-state index in [1.54, 1.807) is 10.9 Å². The zero-order chi connectivity index (χ0) is 28.1. The third kappa shape index (κ3) is 4.46. The fraction of sp³-hybridized carbons (Fsp3) is 0.276. The summed E-state index contributed by atoms with van der Waals surface area (Å²) in [6.45, 7) is 7.02. The van der Waals surface area contributed by atoms with Gasteiger partial charge in [-0.15, -0.1) is 5.10 Å². The van der Waals surface area contributed by atoms with Crippen LogP contribution in [0.2, 0.25) is 0 Å². The predicted octanol–water partition coefficient (Wildman–Crippen LogP) is 3.91. The molecule has 2 fully saturated rings. The number of hydrogen-bond donors (Lipinski definition) is 1. The monoisotopic (exact) mass is 548 g/mol. The Hall–Kier alpha value is -5.13. The molecule has 5 heterocycles. The van der Waals surface area contributed by atoms with Gasteiger partial charge in [0.15, 0.2) is 5.82 Å². The van der Waals surface area contributed by atoms with Gasteiger partial charge in [-0.3, -0.25) is 4.79 Å². The molecule has 41 heavy (non-hydrogen) atoms. The second kappa shape index (κ2) is 9.81. The van der Waals surface area contributed by atoms with E-state index in [4.69, 9.17) is 9.72 Å². The second-order valence-corrected chi connectivity index (χ2v) is 10.4. The van der Waals surface area contributed by atoms with Crippen LogP contribution in [0.1, 0.15) is 18.4 Å². The molecule has 2 aliphatic heterocycles. The third-order valence-corrected chi connectivity index (χ3v) is 7.81. The Morgan fingerprint density at radius 2 is 1.90 bits per heavy atom. The zero-order valence-electron chi connectivity index (χ0n) is 22.7. The number of fused-ring (bicyclic) bond motifs is 4. The van der Waals surface area contributed by atoms with Crippen LogP contribution in [0.3, 0.4) is 0 Å². The molecule has 2 unspecified atom stereocenters. The summed E-state index contributed by atoms with van der Waals surface area (Å²) in [5.74, 6) is 2.62. The molecule has 1 amide bonds. The van der Waals surface area contributed by atoms with Crippen LogP contribution in [-0.2, 0) is 11.8 Å². The van der Waals surface area contributed by atoms with Gasteiger partial charge in [0, 0.05) is 31.9 Å². The van der Waals surface area contributed by atoms with Gasteiger partial charge in [0.1, 0.15) is 34.4 Å². The summed E-state index contributed by atoms with van der Waals surface area (Å²) in [7, 11) is 1.86. The number of nitrogens with zero attached hydrogens (tertiary/aromatic N) is 9. The molecule has 2 aromatic carbocycles. The van der Waals surface area contributed by atoms with Crippen molar-refractivity contribution in [2.75, 3.05) is 23.3 Å². The van der Waals surface area contributed by atoms with E-state index in [0.29, 0.717) is 41.6 Å². The van der Waals surface area contributed by atoms with E-state index in [2.05, 4.69) is 42.1 Å². The van der Waals surface area contributed by atoms with Crippen LogP contribution in [0.4, 0.5) is 17.5 Å². The van der Waals surface area contributed by atoms with Gasteiger partial charge in [-0.05, 0) is 61.7 Å². The summed E-state index contributed by atoms with van der Waals surface area (Å²) in [4.78, 5) is 34.8. The first-order chi connectivity index (χ1) is 20.0. The van der Waals surface area contributed by atoms with E-state index >= 15 is 0 Å². The molecule has 206 valence electrons. The van der Waals surface area contributed by atoms with Crippen molar-refractivity contribution in [2.45, 2.75) is 31.8 Å². The number of amides is 1. The lowest BCUT2D eigenvalue weighted by atomic mass is 10.2. The van der Waals surface area contributed by atoms with Crippen LogP contribution < -0.4 is 15.0 Å². The minimum Gasteiger partial charge on any atom is -0.457 e. The summed E-state index contributed by atoms with van der Waals surface area (Å²) in [6.07, 6.45) is 6.57. The minimum atomic E-state index is -0.00486. The van der Waals surface area contributed by atoms with Gasteiger partial charge >= 0.3 is 0 Å². The number of aromatic nitrogens is 7. The summed E-state index contributed by atoms with van der Waals surface area (Å²) >= 11 is 0. The fourth-order valence-electron chi connectivity index (χ4n) is 5.81. The number of benzene rings is 2. The highest BCUT2D eigenvalue weighted by atomic mass is 16.5. The Kier molecular flexibility index (Phi) is 5.95. The smallest absolute Gasteiger partial charge is 0.246 e. The average molecular weight is 549 g/mol. The molecular weight excluding hydrogens is 520 g/mol. The number of rotatable bonds is 6. The molecule has 2 saturated heterocycles. The number of ether oxygens (including phenoxy) is 1. The first kappa shape index (κ1) is 24.9. The van der Waals surface area contributed by atoms with Crippen LogP contribution >= 0.6 is 0 Å². The molecule has 7 rings (SSSR count). The molecule has 3 aromatic heterocycles. The van der Waals surface area contributed by atoms with Crippen molar-refractivity contribution in [3.63, 3.8) is 0 Å². The highest BCUT2D eigenvalue weighted by Crippen LogP contribution is 2.33. The van der Waals surface area contributed by atoms with Crippen molar-refractivity contribution >= 4 is 45.4 Å². The van der Waals surface area contributed by atoms with Crippen LogP contribution in [-0.4, -0.2) is 70.9 Å². The number of carbonyl (C=O) groups excluding carboxylic acids is 1. The first-order valence-electron chi connectivity index (χ1n) is 13.5. The van der Waals surface area contributed by atoms with Gasteiger partial charge in [0.25, 0.3) is 0 Å². The second-order valence-electron chi connectivity index (χ2n) is 10.4. The van der Waals surface area contributed by atoms with Gasteiger partial charge in [-0.25, -0.2) is 24.6 Å². The lowest BCUT2D eigenvalue weighted by Crippen LogP contribution is -2.55. The van der Waals surface area contributed by atoms with Gasteiger partial charge in [-0.1, -0.05) is 11.8 Å². The molecule has 0 radical (unpaired) electrons. The highest BCUT2D eigenvalue weighted by Gasteiger charge is 2.42. The summed E-state index contributed by atoms with van der Waals surface area (Å²) in [5.41, 5.74) is 4.78. The van der Waals surface area contributed by atoms with Gasteiger partial charge in [-0.2, -0.15) is 0 Å². The Morgan fingerprint density at radius 1 is 1.07 bits per heavy atom. The van der Waals surface area contributed by atoms with Crippen molar-refractivity contribution in [1.29, 1.82) is 0 Å². The maximum absolute atomic E-state index is 12.4. The molecule has 2 bridgehead atoms. The SMILES string of the molecule is C=CC(=O)N1C2CCC1CN(c1ncc3ncnc(Nc4ccc(Oc5ccc6c(c5)nnn6C)c(C)c4)c3n1)C2. The van der Waals surface area contributed by atoms with Crippen LogP contribution in [0, 0.1) is 6.92 Å². The summed E-state index contributed by atoms with van der Waals surface area (Å²) in [5, 5.41) is 11.6. The minimum absolute atomic E-state index is 0.00486. The maximum Gasteiger partial charge on any atom is 0.246 e. The normalized spacial score (nSPS) is 18.2. The Balaban J connectivity index is 1.12. The molecule has 12 heteroatoms. The van der Waals surface area contributed by atoms with Crippen LogP contribution in [0.25, 0.3) is 22.1 Å². The molecule has 0 aliphatic carbocycles. The number of aryl methyl sites for hydroxylation is 2. The largest absolute Gasteiger partial charge is 0.457 e. The molecule has 5 aromatic rings. The van der Waals surface area contributed by atoms with Crippen molar-refractivity contribution < 1.29 is 9.53 Å². The lowest BCUT2D eigenvalue weighted by molar-refractivity contribution is -0.129. The number of anilines is 3. The average Bonchev–Trinajstić information content (AvgIpc) is 3.48. The fourth-order valence-corrected chi connectivity index (χ4v) is 5.81. The van der Waals surface area contributed by atoms with Crippen molar-refractivity contribution in [2.24, 2.45) is 7.05 Å². The summed E-state index contributed by atoms with van der Waals surface area (Å²) in [6, 6.07) is 11.8. The molecule has 2 aliphatic rings. The van der Waals surface area contributed by atoms with E-state index in [0.717, 1.165) is 40.9 Å².